The Bertz CT molecular complexity index is 380. The first-order valence-corrected chi connectivity index (χ1v) is 9.15. The molecule has 0 aliphatic rings. The zero-order valence-electron chi connectivity index (χ0n) is 14.8. The summed E-state index contributed by atoms with van der Waals surface area (Å²) in [5, 5.41) is 19.3. The Hall–Kier alpha value is -0.900. The van der Waals surface area contributed by atoms with Crippen LogP contribution in [0.3, 0.4) is 0 Å². The summed E-state index contributed by atoms with van der Waals surface area (Å²) in [6.45, 7) is 4.03. The van der Waals surface area contributed by atoms with Crippen LogP contribution in [0.25, 0.3) is 0 Å². The minimum atomic E-state index is -0.831. The minimum absolute atomic E-state index is 0.107. The molecular weight excluding hydrogens is 288 g/mol. The summed E-state index contributed by atoms with van der Waals surface area (Å²) < 4.78 is 6.02. The fraction of sp³-hybridized carbons (Fsp3) is 0.700. The summed E-state index contributed by atoms with van der Waals surface area (Å²) in [6.07, 6.45) is 8.21. The van der Waals surface area contributed by atoms with Crippen LogP contribution in [-0.2, 0) is 11.2 Å². The Balaban J connectivity index is 2.34. The van der Waals surface area contributed by atoms with Crippen LogP contribution in [-0.4, -0.2) is 35.1 Å². The Morgan fingerprint density at radius 2 is 1.65 bits per heavy atom. The quantitative estimate of drug-likeness (QED) is 0.537. The van der Waals surface area contributed by atoms with Crippen molar-refractivity contribution >= 4 is 0 Å². The molecule has 3 heteroatoms. The Morgan fingerprint density at radius 1 is 1.00 bits per heavy atom. The fourth-order valence-corrected chi connectivity index (χ4v) is 2.82. The molecular formula is C20H34O3. The topological polar surface area (TPSA) is 49.7 Å². The first-order valence-electron chi connectivity index (χ1n) is 9.15. The van der Waals surface area contributed by atoms with Crippen LogP contribution < -0.4 is 0 Å². The molecule has 2 N–H and O–H groups in total. The lowest BCUT2D eigenvalue weighted by Gasteiger charge is -2.26. The average Bonchev–Trinajstić information content (AvgIpc) is 2.57. The molecule has 0 spiro atoms. The maximum Gasteiger partial charge on any atom is 0.103 e. The second-order valence-electron chi connectivity index (χ2n) is 6.48. The summed E-state index contributed by atoms with van der Waals surface area (Å²) >= 11 is 0. The standard InChI is InChI=1S/C20H34O3/c1-3-4-5-6-7-9-12-17(2)23-20(19(22)16-21)15-18-13-10-8-11-14-18/h8,10-11,13-14,17,19-22H,3-7,9,12,15-16H2,1-2H3. The number of benzene rings is 1. The molecule has 0 heterocycles. The molecule has 1 rings (SSSR count). The van der Waals surface area contributed by atoms with Crippen LogP contribution in [0.1, 0.15) is 64.4 Å². The van der Waals surface area contributed by atoms with Gasteiger partial charge in [0.05, 0.1) is 18.8 Å². The molecule has 132 valence electrons. The van der Waals surface area contributed by atoms with Gasteiger partial charge in [-0.3, -0.25) is 0 Å². The minimum Gasteiger partial charge on any atom is -0.394 e. The molecule has 0 saturated carbocycles. The van der Waals surface area contributed by atoms with Gasteiger partial charge in [0.25, 0.3) is 0 Å². The summed E-state index contributed by atoms with van der Waals surface area (Å²) in [5.41, 5.74) is 1.12. The third-order valence-corrected chi connectivity index (χ3v) is 4.27. The van der Waals surface area contributed by atoms with Gasteiger partial charge in [0.2, 0.25) is 0 Å². The molecule has 3 unspecified atom stereocenters. The zero-order chi connectivity index (χ0) is 16.9. The van der Waals surface area contributed by atoms with E-state index in [9.17, 15) is 10.2 Å². The summed E-state index contributed by atoms with van der Waals surface area (Å²) in [5.74, 6) is 0. The Kier molecular flexibility index (Phi) is 11.0. The number of hydrogen-bond donors (Lipinski definition) is 2. The van der Waals surface area contributed by atoms with E-state index in [0.717, 1.165) is 18.4 Å². The van der Waals surface area contributed by atoms with E-state index >= 15 is 0 Å². The smallest absolute Gasteiger partial charge is 0.103 e. The van der Waals surface area contributed by atoms with E-state index < -0.39 is 6.10 Å². The van der Waals surface area contributed by atoms with Gasteiger partial charge < -0.3 is 14.9 Å². The van der Waals surface area contributed by atoms with Crippen molar-refractivity contribution in [2.45, 2.75) is 83.5 Å². The van der Waals surface area contributed by atoms with Crippen LogP contribution in [0.5, 0.6) is 0 Å². The van der Waals surface area contributed by atoms with Crippen molar-refractivity contribution in [3.05, 3.63) is 35.9 Å². The lowest BCUT2D eigenvalue weighted by Crippen LogP contribution is -2.36. The van der Waals surface area contributed by atoms with E-state index in [1.165, 1.54) is 32.1 Å². The van der Waals surface area contributed by atoms with Gasteiger partial charge >= 0.3 is 0 Å². The Labute approximate surface area is 141 Å². The van der Waals surface area contributed by atoms with Crippen molar-refractivity contribution in [3.63, 3.8) is 0 Å². The number of aliphatic hydroxyl groups is 2. The third kappa shape index (κ3) is 9.09. The number of rotatable bonds is 13. The highest BCUT2D eigenvalue weighted by Crippen LogP contribution is 2.16. The molecule has 0 aliphatic carbocycles. The van der Waals surface area contributed by atoms with Gasteiger partial charge in [-0.25, -0.2) is 0 Å². The number of aliphatic hydroxyl groups excluding tert-OH is 2. The highest BCUT2D eigenvalue weighted by molar-refractivity contribution is 5.15. The summed E-state index contributed by atoms with van der Waals surface area (Å²) in [4.78, 5) is 0. The number of hydrogen-bond acceptors (Lipinski definition) is 3. The van der Waals surface area contributed by atoms with Gasteiger partial charge in [0, 0.05) is 6.42 Å². The summed E-state index contributed by atoms with van der Waals surface area (Å²) in [7, 11) is 0. The molecule has 0 amide bonds. The van der Waals surface area contributed by atoms with Crippen LogP contribution in [0, 0.1) is 0 Å². The van der Waals surface area contributed by atoms with Gasteiger partial charge in [-0.1, -0.05) is 75.8 Å². The van der Waals surface area contributed by atoms with Crippen molar-refractivity contribution in [3.8, 4) is 0 Å². The predicted octanol–water partition coefficient (Wildman–Crippen LogP) is 4.11. The van der Waals surface area contributed by atoms with Gasteiger partial charge in [-0.05, 0) is 18.9 Å². The maximum atomic E-state index is 10.0. The van der Waals surface area contributed by atoms with E-state index in [1.54, 1.807) is 0 Å². The molecule has 1 aromatic carbocycles. The predicted molar refractivity (Wildman–Crippen MR) is 95.6 cm³/mol. The van der Waals surface area contributed by atoms with Crippen LogP contribution >= 0.6 is 0 Å². The lowest BCUT2D eigenvalue weighted by atomic mass is 10.0. The number of unbranched alkanes of at least 4 members (excludes halogenated alkanes) is 5. The highest BCUT2D eigenvalue weighted by Gasteiger charge is 2.22. The molecule has 23 heavy (non-hydrogen) atoms. The van der Waals surface area contributed by atoms with E-state index in [0.29, 0.717) is 6.42 Å². The second kappa shape index (κ2) is 12.5. The van der Waals surface area contributed by atoms with E-state index in [-0.39, 0.29) is 18.8 Å². The van der Waals surface area contributed by atoms with Crippen LogP contribution in [0.15, 0.2) is 30.3 Å². The number of ether oxygens (including phenoxy) is 1. The molecule has 0 bridgehead atoms. The third-order valence-electron chi connectivity index (χ3n) is 4.27. The monoisotopic (exact) mass is 322 g/mol. The van der Waals surface area contributed by atoms with Crippen molar-refractivity contribution < 1.29 is 14.9 Å². The molecule has 0 radical (unpaired) electrons. The van der Waals surface area contributed by atoms with Crippen molar-refractivity contribution in [1.82, 2.24) is 0 Å². The van der Waals surface area contributed by atoms with E-state index in [2.05, 4.69) is 13.8 Å². The first kappa shape index (κ1) is 20.1. The average molecular weight is 322 g/mol. The lowest BCUT2D eigenvalue weighted by molar-refractivity contribution is -0.0873. The zero-order valence-corrected chi connectivity index (χ0v) is 14.8. The second-order valence-corrected chi connectivity index (χ2v) is 6.48. The van der Waals surface area contributed by atoms with Gasteiger partial charge in [0.1, 0.15) is 6.10 Å². The molecule has 1 aromatic rings. The SMILES string of the molecule is CCCCCCCCC(C)OC(Cc1ccccc1)C(O)CO. The van der Waals surface area contributed by atoms with Gasteiger partial charge in [-0.2, -0.15) is 0 Å². The molecule has 3 nitrogen and oxygen atoms in total. The van der Waals surface area contributed by atoms with Gasteiger partial charge in [-0.15, -0.1) is 0 Å². The van der Waals surface area contributed by atoms with E-state index in [1.807, 2.05) is 30.3 Å². The molecule has 0 fully saturated rings. The summed E-state index contributed by atoms with van der Waals surface area (Å²) in [6, 6.07) is 10.00. The normalized spacial score (nSPS) is 15.3. The van der Waals surface area contributed by atoms with Crippen molar-refractivity contribution in [2.75, 3.05) is 6.61 Å². The molecule has 0 aromatic heterocycles. The van der Waals surface area contributed by atoms with Crippen LogP contribution in [0.2, 0.25) is 0 Å². The Morgan fingerprint density at radius 3 is 2.30 bits per heavy atom. The molecule has 0 saturated heterocycles. The largest absolute Gasteiger partial charge is 0.394 e. The fourth-order valence-electron chi connectivity index (χ4n) is 2.82. The first-order chi connectivity index (χ1) is 11.2. The molecule has 3 atom stereocenters. The van der Waals surface area contributed by atoms with Crippen molar-refractivity contribution in [1.29, 1.82) is 0 Å². The van der Waals surface area contributed by atoms with Crippen LogP contribution in [0.4, 0.5) is 0 Å². The van der Waals surface area contributed by atoms with E-state index in [4.69, 9.17) is 4.74 Å². The van der Waals surface area contributed by atoms with Gasteiger partial charge in [0.15, 0.2) is 0 Å². The van der Waals surface area contributed by atoms with Crippen molar-refractivity contribution in [2.24, 2.45) is 0 Å². The highest BCUT2D eigenvalue weighted by atomic mass is 16.5. The maximum absolute atomic E-state index is 10.0. The molecule has 0 aliphatic heterocycles.